The number of imide groups is 1. The van der Waals surface area contributed by atoms with Crippen molar-refractivity contribution >= 4 is 35.2 Å². The maximum Gasteiger partial charge on any atom is 0.247 e. The molecule has 0 unspecified atom stereocenters. The third-order valence-corrected chi connectivity index (χ3v) is 4.04. The summed E-state index contributed by atoms with van der Waals surface area (Å²) in [7, 11) is 0. The summed E-state index contributed by atoms with van der Waals surface area (Å²) in [6.45, 7) is 0. The minimum absolute atomic E-state index is 0.00787. The van der Waals surface area contributed by atoms with Crippen LogP contribution in [0, 0.1) is 11.6 Å². The fourth-order valence-corrected chi connectivity index (χ4v) is 2.97. The summed E-state index contributed by atoms with van der Waals surface area (Å²) in [6, 6.07) is 2.84. The van der Waals surface area contributed by atoms with Crippen molar-refractivity contribution in [3.05, 3.63) is 29.8 Å². The molecular formula is C12H9F2N5O2S. The molecule has 1 aliphatic rings. The molecule has 0 bridgehead atoms. The van der Waals surface area contributed by atoms with Crippen LogP contribution in [-0.4, -0.2) is 32.2 Å². The summed E-state index contributed by atoms with van der Waals surface area (Å²) in [5.74, 6) is -3.13. The number of carbonyl (C=O) groups is 2. The first-order chi connectivity index (χ1) is 10.5. The van der Waals surface area contributed by atoms with Crippen molar-refractivity contribution < 1.29 is 18.4 Å². The number of nitrogens with zero attached hydrogens (tertiary/aromatic N) is 3. The summed E-state index contributed by atoms with van der Waals surface area (Å²) in [5, 5.41) is 5.68. The number of hydrogen-bond donors (Lipinski definition) is 2. The average Bonchev–Trinajstić information content (AvgIpc) is 2.98. The maximum absolute atomic E-state index is 13.3. The smallest absolute Gasteiger partial charge is 0.247 e. The highest BCUT2D eigenvalue weighted by molar-refractivity contribution is 8.00. The Morgan fingerprint density at radius 2 is 2.09 bits per heavy atom. The van der Waals surface area contributed by atoms with E-state index in [0.29, 0.717) is 0 Å². The zero-order chi connectivity index (χ0) is 15.9. The van der Waals surface area contributed by atoms with Crippen LogP contribution in [0.5, 0.6) is 0 Å². The molecule has 7 nitrogen and oxygen atoms in total. The molecule has 2 amide bonds. The van der Waals surface area contributed by atoms with E-state index in [-0.39, 0.29) is 23.2 Å². The quantitative estimate of drug-likeness (QED) is 0.819. The number of nitrogen functional groups attached to an aromatic ring is 1. The first kappa shape index (κ1) is 14.4. The van der Waals surface area contributed by atoms with Crippen LogP contribution in [0.2, 0.25) is 0 Å². The van der Waals surface area contributed by atoms with Crippen molar-refractivity contribution in [2.24, 2.45) is 0 Å². The van der Waals surface area contributed by atoms with Gasteiger partial charge in [0.2, 0.25) is 22.9 Å². The van der Waals surface area contributed by atoms with Gasteiger partial charge in [-0.3, -0.25) is 9.59 Å². The molecule has 2 heterocycles. The van der Waals surface area contributed by atoms with Crippen molar-refractivity contribution in [3.63, 3.8) is 0 Å². The molecule has 10 heteroatoms. The van der Waals surface area contributed by atoms with Gasteiger partial charge in [0.25, 0.3) is 0 Å². The van der Waals surface area contributed by atoms with Crippen molar-refractivity contribution in [3.8, 4) is 0 Å². The highest BCUT2D eigenvalue weighted by Crippen LogP contribution is 2.32. The zero-order valence-electron chi connectivity index (χ0n) is 10.9. The fourth-order valence-electron chi connectivity index (χ4n) is 2.03. The average molecular weight is 325 g/mol. The molecule has 2 aromatic rings. The number of H-pyrrole nitrogens is 1. The molecule has 22 heavy (non-hydrogen) atoms. The second-order valence-corrected chi connectivity index (χ2v) is 5.65. The summed E-state index contributed by atoms with van der Waals surface area (Å²) >= 11 is 0.976. The summed E-state index contributed by atoms with van der Waals surface area (Å²) < 4.78 is 26.2. The molecule has 0 spiro atoms. The number of nitrogens with two attached hydrogens (primary N) is 1. The number of benzene rings is 1. The lowest BCUT2D eigenvalue weighted by atomic mass is 10.3. The van der Waals surface area contributed by atoms with Gasteiger partial charge < -0.3 is 5.73 Å². The number of halogens is 2. The normalized spacial score (nSPS) is 18.3. The summed E-state index contributed by atoms with van der Waals surface area (Å²) in [5.41, 5.74) is 5.37. The van der Waals surface area contributed by atoms with Crippen LogP contribution >= 0.6 is 11.8 Å². The van der Waals surface area contributed by atoms with Crippen molar-refractivity contribution in [2.75, 3.05) is 10.6 Å². The van der Waals surface area contributed by atoms with Gasteiger partial charge in [-0.05, 0) is 12.1 Å². The van der Waals surface area contributed by atoms with E-state index < -0.39 is 28.7 Å². The second kappa shape index (κ2) is 5.37. The Morgan fingerprint density at radius 3 is 2.73 bits per heavy atom. The van der Waals surface area contributed by atoms with Crippen LogP contribution in [0.3, 0.4) is 0 Å². The number of aromatic amines is 1. The Kier molecular flexibility index (Phi) is 3.53. The van der Waals surface area contributed by atoms with Crippen molar-refractivity contribution in [2.45, 2.75) is 16.8 Å². The van der Waals surface area contributed by atoms with Crippen LogP contribution in [0.25, 0.3) is 0 Å². The van der Waals surface area contributed by atoms with E-state index in [1.807, 2.05) is 0 Å². The van der Waals surface area contributed by atoms with Gasteiger partial charge in [0.1, 0.15) is 5.25 Å². The van der Waals surface area contributed by atoms with Crippen LogP contribution in [0.15, 0.2) is 23.4 Å². The van der Waals surface area contributed by atoms with Gasteiger partial charge in [-0.25, -0.2) is 18.8 Å². The van der Waals surface area contributed by atoms with E-state index in [9.17, 15) is 18.4 Å². The summed E-state index contributed by atoms with van der Waals surface area (Å²) in [4.78, 5) is 29.0. The Hall–Kier alpha value is -2.49. The minimum atomic E-state index is -1.13. The Balaban J connectivity index is 1.83. The zero-order valence-corrected chi connectivity index (χ0v) is 11.7. The fraction of sp³-hybridized carbons (Fsp3) is 0.167. The van der Waals surface area contributed by atoms with Crippen LogP contribution in [0.1, 0.15) is 6.42 Å². The van der Waals surface area contributed by atoms with Gasteiger partial charge in [0, 0.05) is 12.5 Å². The van der Waals surface area contributed by atoms with Gasteiger partial charge in [0.15, 0.2) is 11.6 Å². The molecule has 1 saturated heterocycles. The number of thioether (sulfide) groups is 1. The van der Waals surface area contributed by atoms with Crippen LogP contribution in [0.4, 0.5) is 20.4 Å². The second-order valence-electron chi connectivity index (χ2n) is 4.48. The Bertz CT molecular complexity index is 766. The molecule has 0 aliphatic carbocycles. The standard InChI is InChI=1S/C12H9F2N5O2S/c13-6-2-1-5(3-7(6)14)19-9(20)4-8(10(19)21)22-12-16-11(15)17-18-12/h1-3,8H,4H2,(H3,15,16,17,18)/t8-/m1/s1. The maximum atomic E-state index is 13.3. The van der Waals surface area contributed by atoms with Gasteiger partial charge in [-0.15, -0.1) is 5.10 Å². The molecule has 1 aliphatic heterocycles. The highest BCUT2D eigenvalue weighted by atomic mass is 32.2. The van der Waals surface area contributed by atoms with E-state index in [1.54, 1.807) is 0 Å². The summed E-state index contributed by atoms with van der Waals surface area (Å²) in [6.07, 6.45) is -0.0864. The first-order valence-corrected chi connectivity index (χ1v) is 7.00. The topological polar surface area (TPSA) is 105 Å². The predicted molar refractivity (Wildman–Crippen MR) is 73.9 cm³/mol. The molecule has 0 radical (unpaired) electrons. The number of nitrogens with one attached hydrogen (secondary N) is 1. The molecule has 3 N–H and O–H groups in total. The van der Waals surface area contributed by atoms with Gasteiger partial charge in [-0.1, -0.05) is 11.8 Å². The third kappa shape index (κ3) is 2.52. The number of hydrogen-bond acceptors (Lipinski definition) is 6. The molecule has 1 fully saturated rings. The molecule has 1 aromatic heterocycles. The van der Waals surface area contributed by atoms with Gasteiger partial charge >= 0.3 is 0 Å². The van der Waals surface area contributed by atoms with E-state index in [0.717, 1.165) is 28.8 Å². The first-order valence-electron chi connectivity index (χ1n) is 6.12. The number of amides is 2. The van der Waals surface area contributed by atoms with E-state index in [2.05, 4.69) is 15.2 Å². The van der Waals surface area contributed by atoms with E-state index >= 15 is 0 Å². The third-order valence-electron chi connectivity index (χ3n) is 3.00. The minimum Gasteiger partial charge on any atom is -0.368 e. The van der Waals surface area contributed by atoms with Gasteiger partial charge in [-0.2, -0.15) is 4.98 Å². The number of carbonyl (C=O) groups excluding carboxylic acids is 2. The molecule has 0 saturated carbocycles. The molecule has 1 aromatic carbocycles. The lowest BCUT2D eigenvalue weighted by Gasteiger charge is -2.14. The molecular weight excluding hydrogens is 316 g/mol. The SMILES string of the molecule is Nc1nc(S[C@@H]2CC(=O)N(c3ccc(F)c(F)c3)C2=O)n[nH]1. The lowest BCUT2D eigenvalue weighted by Crippen LogP contribution is -2.31. The number of rotatable bonds is 3. The lowest BCUT2D eigenvalue weighted by molar-refractivity contribution is -0.121. The molecule has 114 valence electrons. The molecule has 3 rings (SSSR count). The molecule has 1 atom stereocenters. The monoisotopic (exact) mass is 325 g/mol. The highest BCUT2D eigenvalue weighted by Gasteiger charge is 2.41. The predicted octanol–water partition coefficient (Wildman–Crippen LogP) is 1.09. The number of anilines is 2. The van der Waals surface area contributed by atoms with E-state index in [4.69, 9.17) is 5.73 Å². The Labute approximate surface area is 126 Å². The van der Waals surface area contributed by atoms with E-state index in [1.165, 1.54) is 6.07 Å². The Morgan fingerprint density at radius 1 is 1.32 bits per heavy atom. The van der Waals surface area contributed by atoms with Crippen molar-refractivity contribution in [1.82, 2.24) is 15.2 Å². The van der Waals surface area contributed by atoms with Crippen LogP contribution < -0.4 is 10.6 Å². The number of aromatic nitrogens is 3. The van der Waals surface area contributed by atoms with Gasteiger partial charge in [0.05, 0.1) is 5.69 Å². The van der Waals surface area contributed by atoms with Crippen molar-refractivity contribution in [1.29, 1.82) is 0 Å². The van der Waals surface area contributed by atoms with Crippen LogP contribution in [-0.2, 0) is 9.59 Å². The largest absolute Gasteiger partial charge is 0.368 e.